The summed E-state index contributed by atoms with van der Waals surface area (Å²) in [5.41, 5.74) is 2.23. The standard InChI is InChI=1S/C23H22FN3O4S/c1-16-3-11-21(12-4-16)27(32(30,31)22-13-5-18(24)6-14-22)15-23(29)26-20-9-7-19(8-10-20)25-17(2)28/h3-14H,15H2,1-2H3,(H,25,28)(H,26,29). The van der Waals surface area contributed by atoms with Crippen LogP contribution in [0.5, 0.6) is 0 Å². The Balaban J connectivity index is 1.85. The fraction of sp³-hybridized carbons (Fsp3) is 0.130. The van der Waals surface area contributed by atoms with E-state index in [1.165, 1.54) is 6.92 Å². The van der Waals surface area contributed by atoms with Crippen LogP contribution in [-0.2, 0) is 19.6 Å². The molecule has 3 aromatic carbocycles. The number of sulfonamides is 1. The third-order valence-corrected chi connectivity index (χ3v) is 6.29. The van der Waals surface area contributed by atoms with Crippen LogP contribution in [0.25, 0.3) is 0 Å². The quantitative estimate of drug-likeness (QED) is 0.564. The van der Waals surface area contributed by atoms with Crippen molar-refractivity contribution in [1.29, 1.82) is 0 Å². The van der Waals surface area contributed by atoms with E-state index in [1.807, 2.05) is 6.92 Å². The molecule has 0 aliphatic carbocycles. The van der Waals surface area contributed by atoms with Crippen molar-refractivity contribution in [3.8, 4) is 0 Å². The average molecular weight is 456 g/mol. The van der Waals surface area contributed by atoms with E-state index in [-0.39, 0.29) is 10.8 Å². The van der Waals surface area contributed by atoms with Crippen molar-refractivity contribution >= 4 is 38.9 Å². The van der Waals surface area contributed by atoms with Gasteiger partial charge in [-0.2, -0.15) is 0 Å². The lowest BCUT2D eigenvalue weighted by molar-refractivity contribution is -0.115. The van der Waals surface area contributed by atoms with Gasteiger partial charge in [0, 0.05) is 18.3 Å². The Morgan fingerprint density at radius 2 is 1.38 bits per heavy atom. The van der Waals surface area contributed by atoms with Gasteiger partial charge in [0.2, 0.25) is 11.8 Å². The highest BCUT2D eigenvalue weighted by atomic mass is 32.2. The number of carbonyl (C=O) groups is 2. The van der Waals surface area contributed by atoms with Gasteiger partial charge in [0.05, 0.1) is 10.6 Å². The molecule has 0 fully saturated rings. The third kappa shape index (κ3) is 5.70. The first-order valence-electron chi connectivity index (χ1n) is 9.67. The van der Waals surface area contributed by atoms with Crippen LogP contribution in [-0.4, -0.2) is 26.8 Å². The number of anilines is 3. The van der Waals surface area contributed by atoms with Crippen molar-refractivity contribution in [2.45, 2.75) is 18.7 Å². The molecule has 166 valence electrons. The Morgan fingerprint density at radius 3 is 1.91 bits per heavy atom. The van der Waals surface area contributed by atoms with Crippen molar-refractivity contribution in [1.82, 2.24) is 0 Å². The lowest BCUT2D eigenvalue weighted by Crippen LogP contribution is -2.38. The predicted molar refractivity (Wildman–Crippen MR) is 121 cm³/mol. The zero-order valence-electron chi connectivity index (χ0n) is 17.5. The summed E-state index contributed by atoms with van der Waals surface area (Å²) in [6.07, 6.45) is 0. The number of benzene rings is 3. The minimum atomic E-state index is -4.13. The van der Waals surface area contributed by atoms with Gasteiger partial charge >= 0.3 is 0 Å². The molecule has 0 saturated heterocycles. The molecule has 0 aromatic heterocycles. The van der Waals surface area contributed by atoms with Gasteiger partial charge in [-0.15, -0.1) is 0 Å². The summed E-state index contributed by atoms with van der Waals surface area (Å²) in [6.45, 7) is 2.76. The molecule has 0 aliphatic heterocycles. The molecule has 0 unspecified atom stereocenters. The molecule has 32 heavy (non-hydrogen) atoms. The zero-order valence-corrected chi connectivity index (χ0v) is 18.3. The molecule has 2 amide bonds. The van der Waals surface area contributed by atoms with Crippen LogP contribution in [0.15, 0.2) is 77.7 Å². The Kier molecular flexibility index (Phi) is 6.89. The molecule has 2 N–H and O–H groups in total. The summed E-state index contributed by atoms with van der Waals surface area (Å²) in [6, 6.07) is 17.5. The summed E-state index contributed by atoms with van der Waals surface area (Å²) in [4.78, 5) is 23.7. The average Bonchev–Trinajstić information content (AvgIpc) is 2.74. The molecule has 7 nitrogen and oxygen atoms in total. The maximum absolute atomic E-state index is 13.3. The van der Waals surface area contributed by atoms with Crippen LogP contribution in [0.4, 0.5) is 21.5 Å². The summed E-state index contributed by atoms with van der Waals surface area (Å²) in [5.74, 6) is -1.35. The van der Waals surface area contributed by atoms with Crippen molar-refractivity contribution in [2.24, 2.45) is 0 Å². The van der Waals surface area contributed by atoms with E-state index in [2.05, 4.69) is 10.6 Å². The smallest absolute Gasteiger partial charge is 0.264 e. The lowest BCUT2D eigenvalue weighted by Gasteiger charge is -2.24. The van der Waals surface area contributed by atoms with Gasteiger partial charge in [-0.05, 0) is 67.6 Å². The van der Waals surface area contributed by atoms with E-state index in [1.54, 1.807) is 48.5 Å². The van der Waals surface area contributed by atoms with Gasteiger partial charge in [0.25, 0.3) is 10.0 Å². The molecule has 0 heterocycles. The number of rotatable bonds is 7. The van der Waals surface area contributed by atoms with Crippen LogP contribution < -0.4 is 14.9 Å². The van der Waals surface area contributed by atoms with Crippen LogP contribution >= 0.6 is 0 Å². The monoisotopic (exact) mass is 455 g/mol. The van der Waals surface area contributed by atoms with Crippen LogP contribution in [0, 0.1) is 12.7 Å². The second-order valence-corrected chi connectivity index (χ2v) is 8.97. The van der Waals surface area contributed by atoms with E-state index < -0.39 is 28.3 Å². The summed E-state index contributed by atoms with van der Waals surface area (Å²) < 4.78 is 40.8. The number of nitrogens with one attached hydrogen (secondary N) is 2. The Bertz CT molecular complexity index is 1210. The summed E-state index contributed by atoms with van der Waals surface area (Å²) in [5, 5.41) is 5.27. The summed E-state index contributed by atoms with van der Waals surface area (Å²) in [7, 11) is -4.13. The molecule has 3 aromatic rings. The van der Waals surface area contributed by atoms with Crippen molar-refractivity contribution in [3.05, 3.63) is 84.2 Å². The summed E-state index contributed by atoms with van der Waals surface area (Å²) >= 11 is 0. The molecule has 0 saturated carbocycles. The van der Waals surface area contributed by atoms with Gasteiger partial charge in [0.1, 0.15) is 12.4 Å². The Morgan fingerprint density at radius 1 is 0.844 bits per heavy atom. The van der Waals surface area contributed by atoms with Crippen molar-refractivity contribution in [2.75, 3.05) is 21.5 Å². The second-order valence-electron chi connectivity index (χ2n) is 7.11. The molecular formula is C23H22FN3O4S. The molecule has 0 aliphatic rings. The van der Waals surface area contributed by atoms with E-state index in [9.17, 15) is 22.4 Å². The SMILES string of the molecule is CC(=O)Nc1ccc(NC(=O)CN(c2ccc(C)cc2)S(=O)(=O)c2ccc(F)cc2)cc1. The highest BCUT2D eigenvalue weighted by Crippen LogP contribution is 2.24. The molecule has 0 radical (unpaired) electrons. The predicted octanol–water partition coefficient (Wildman–Crippen LogP) is 3.93. The van der Waals surface area contributed by atoms with Crippen LogP contribution in [0.3, 0.4) is 0 Å². The molecule has 9 heteroatoms. The lowest BCUT2D eigenvalue weighted by atomic mass is 10.2. The van der Waals surface area contributed by atoms with Gasteiger partial charge in [-0.1, -0.05) is 17.7 Å². The molecule has 0 atom stereocenters. The molecule has 0 spiro atoms. The Labute approximate surface area is 185 Å². The van der Waals surface area contributed by atoms with Crippen LogP contribution in [0.1, 0.15) is 12.5 Å². The molecule has 0 bridgehead atoms. The highest BCUT2D eigenvalue weighted by Gasteiger charge is 2.27. The first-order valence-corrected chi connectivity index (χ1v) is 11.1. The van der Waals surface area contributed by atoms with E-state index in [4.69, 9.17) is 0 Å². The number of amides is 2. The number of nitrogens with zero attached hydrogens (tertiary/aromatic N) is 1. The van der Waals surface area contributed by atoms with E-state index in [0.717, 1.165) is 34.1 Å². The van der Waals surface area contributed by atoms with Gasteiger partial charge in [-0.25, -0.2) is 12.8 Å². The molecular weight excluding hydrogens is 433 g/mol. The van der Waals surface area contributed by atoms with E-state index in [0.29, 0.717) is 17.1 Å². The van der Waals surface area contributed by atoms with Crippen molar-refractivity contribution in [3.63, 3.8) is 0 Å². The largest absolute Gasteiger partial charge is 0.326 e. The van der Waals surface area contributed by atoms with Gasteiger partial charge < -0.3 is 10.6 Å². The maximum atomic E-state index is 13.3. The maximum Gasteiger partial charge on any atom is 0.264 e. The number of carbonyl (C=O) groups excluding carboxylic acids is 2. The van der Waals surface area contributed by atoms with Crippen LogP contribution in [0.2, 0.25) is 0 Å². The first-order chi connectivity index (χ1) is 15.1. The normalized spacial score (nSPS) is 11.0. The topological polar surface area (TPSA) is 95.6 Å². The fourth-order valence-corrected chi connectivity index (χ4v) is 4.35. The number of halogens is 1. The van der Waals surface area contributed by atoms with Crippen molar-refractivity contribution < 1.29 is 22.4 Å². The third-order valence-electron chi connectivity index (χ3n) is 4.50. The van der Waals surface area contributed by atoms with Gasteiger partial charge in [-0.3, -0.25) is 13.9 Å². The zero-order chi connectivity index (χ0) is 23.3. The highest BCUT2D eigenvalue weighted by molar-refractivity contribution is 7.92. The number of hydrogen-bond acceptors (Lipinski definition) is 4. The molecule has 3 rings (SSSR count). The van der Waals surface area contributed by atoms with Gasteiger partial charge in [0.15, 0.2) is 0 Å². The number of aryl methyl sites for hydroxylation is 1. The minimum Gasteiger partial charge on any atom is -0.326 e. The van der Waals surface area contributed by atoms with E-state index >= 15 is 0 Å². The fourth-order valence-electron chi connectivity index (χ4n) is 2.93. The minimum absolute atomic E-state index is 0.132. The first kappa shape index (κ1) is 23.0. The Hall–Kier alpha value is -3.72. The second kappa shape index (κ2) is 9.61. The number of hydrogen-bond donors (Lipinski definition) is 2.